The van der Waals surface area contributed by atoms with Crippen molar-refractivity contribution in [3.05, 3.63) is 12.3 Å². The Balaban J connectivity index is 3.69. The quantitative estimate of drug-likeness (QED) is 0.602. The third-order valence-electron chi connectivity index (χ3n) is 0.928. The summed E-state index contributed by atoms with van der Waals surface area (Å²) in [7, 11) is 1.32. The van der Waals surface area contributed by atoms with Crippen LogP contribution >= 0.6 is 22.6 Å². The van der Waals surface area contributed by atoms with Crippen LogP contribution in [0.15, 0.2) is 12.3 Å². The van der Waals surface area contributed by atoms with Gasteiger partial charge in [0.05, 0.1) is 7.11 Å². The lowest BCUT2D eigenvalue weighted by Crippen LogP contribution is -2.25. The topological polar surface area (TPSA) is 38.3 Å². The lowest BCUT2D eigenvalue weighted by atomic mass is 10.4. The third-order valence-corrected chi connectivity index (χ3v) is 1.68. The first-order valence-corrected chi connectivity index (χ1v) is 4.00. The number of halogens is 1. The molecule has 1 N–H and O–H groups in total. The summed E-state index contributed by atoms with van der Waals surface area (Å²) in [5.74, 6) is 0. The van der Waals surface area contributed by atoms with E-state index < -0.39 is 6.09 Å². The molecule has 3 nitrogen and oxygen atoms in total. The molecule has 0 aliphatic rings. The minimum Gasteiger partial charge on any atom is -0.453 e. The fraction of sp³-hybridized carbons (Fsp3) is 0.500. The lowest BCUT2D eigenvalue weighted by Gasteiger charge is -2.07. The molecule has 0 saturated heterocycles. The summed E-state index contributed by atoms with van der Waals surface area (Å²) in [4.78, 5) is 10.5. The monoisotopic (exact) mass is 255 g/mol. The molecule has 0 aromatic heterocycles. The van der Waals surface area contributed by atoms with Crippen molar-refractivity contribution in [1.82, 2.24) is 5.32 Å². The van der Waals surface area contributed by atoms with Gasteiger partial charge in [-0.15, -0.1) is 0 Å². The van der Waals surface area contributed by atoms with E-state index in [-0.39, 0.29) is 3.92 Å². The van der Waals surface area contributed by atoms with Gasteiger partial charge in [-0.05, 0) is 6.92 Å². The molecule has 58 valence electrons. The van der Waals surface area contributed by atoms with E-state index in [0.717, 1.165) is 0 Å². The molecular formula is C6H10INO2. The smallest absolute Gasteiger partial charge is 0.411 e. The van der Waals surface area contributed by atoms with E-state index in [1.54, 1.807) is 0 Å². The number of carbonyl (C=O) groups is 1. The highest BCUT2D eigenvalue weighted by atomic mass is 127. The summed E-state index contributed by atoms with van der Waals surface area (Å²) in [5, 5.41) is 2.47. The molecular weight excluding hydrogens is 245 g/mol. The largest absolute Gasteiger partial charge is 0.453 e. The van der Waals surface area contributed by atoms with Crippen LogP contribution < -0.4 is 5.32 Å². The normalized spacial score (nSPS) is 11.9. The van der Waals surface area contributed by atoms with Crippen LogP contribution in [0.1, 0.15) is 6.92 Å². The first-order valence-electron chi connectivity index (χ1n) is 2.75. The Morgan fingerprint density at radius 3 is 2.60 bits per heavy atom. The minimum atomic E-state index is -0.464. The predicted octanol–water partition coefficient (Wildman–Crippen LogP) is 1.68. The van der Waals surface area contributed by atoms with Crippen LogP contribution in [0.25, 0.3) is 0 Å². The van der Waals surface area contributed by atoms with Crippen molar-refractivity contribution in [1.29, 1.82) is 0 Å². The van der Waals surface area contributed by atoms with E-state index in [1.807, 2.05) is 6.92 Å². The molecule has 1 atom stereocenters. The molecule has 0 bridgehead atoms. The molecule has 10 heavy (non-hydrogen) atoms. The van der Waals surface area contributed by atoms with Crippen LogP contribution in [-0.2, 0) is 4.74 Å². The molecule has 0 aliphatic carbocycles. The van der Waals surface area contributed by atoms with E-state index in [2.05, 4.69) is 39.2 Å². The van der Waals surface area contributed by atoms with E-state index in [0.29, 0.717) is 5.70 Å². The van der Waals surface area contributed by atoms with Crippen molar-refractivity contribution >= 4 is 28.7 Å². The van der Waals surface area contributed by atoms with Crippen molar-refractivity contribution in [3.63, 3.8) is 0 Å². The summed E-state index contributed by atoms with van der Waals surface area (Å²) in [6.45, 7) is 5.55. The van der Waals surface area contributed by atoms with Gasteiger partial charge in [0.15, 0.2) is 0 Å². The Morgan fingerprint density at radius 2 is 2.30 bits per heavy atom. The number of rotatable bonds is 2. The second kappa shape index (κ2) is 4.54. The van der Waals surface area contributed by atoms with E-state index in [9.17, 15) is 4.79 Å². The molecule has 1 unspecified atom stereocenters. The molecule has 0 aromatic rings. The fourth-order valence-electron chi connectivity index (χ4n) is 0.282. The van der Waals surface area contributed by atoms with Gasteiger partial charge in [0, 0.05) is 9.62 Å². The zero-order valence-corrected chi connectivity index (χ0v) is 8.14. The minimum absolute atomic E-state index is 0.219. The summed E-state index contributed by atoms with van der Waals surface area (Å²) in [6.07, 6.45) is -0.464. The number of alkyl carbamates (subject to hydrolysis) is 1. The summed E-state index contributed by atoms with van der Waals surface area (Å²) in [6, 6.07) is 0. The number of carbonyl (C=O) groups excluding carboxylic acids is 1. The van der Waals surface area contributed by atoms with Gasteiger partial charge in [-0.25, -0.2) is 4.79 Å². The van der Waals surface area contributed by atoms with Gasteiger partial charge in [-0.3, -0.25) is 5.32 Å². The van der Waals surface area contributed by atoms with Gasteiger partial charge in [0.1, 0.15) is 0 Å². The van der Waals surface area contributed by atoms with Crippen molar-refractivity contribution in [3.8, 4) is 0 Å². The van der Waals surface area contributed by atoms with Crippen LogP contribution in [0.3, 0.4) is 0 Å². The highest BCUT2D eigenvalue weighted by Crippen LogP contribution is 2.05. The maximum atomic E-state index is 10.5. The number of hydrogen-bond donors (Lipinski definition) is 1. The molecule has 0 heterocycles. The van der Waals surface area contributed by atoms with Crippen LogP contribution in [-0.4, -0.2) is 17.1 Å². The first-order chi connectivity index (χ1) is 4.57. The second-order valence-corrected chi connectivity index (χ2v) is 3.63. The summed E-state index contributed by atoms with van der Waals surface area (Å²) < 4.78 is 4.58. The molecule has 0 saturated carbocycles. The van der Waals surface area contributed by atoms with Gasteiger partial charge in [-0.1, -0.05) is 29.2 Å². The van der Waals surface area contributed by atoms with Crippen molar-refractivity contribution in [2.75, 3.05) is 7.11 Å². The van der Waals surface area contributed by atoms with E-state index >= 15 is 0 Å². The van der Waals surface area contributed by atoms with Crippen molar-refractivity contribution in [2.24, 2.45) is 0 Å². The number of methoxy groups -OCH3 is 1. The van der Waals surface area contributed by atoms with Gasteiger partial charge in [-0.2, -0.15) is 0 Å². The van der Waals surface area contributed by atoms with Crippen molar-refractivity contribution < 1.29 is 9.53 Å². The lowest BCUT2D eigenvalue weighted by molar-refractivity contribution is 0.174. The maximum Gasteiger partial charge on any atom is 0.411 e. The Morgan fingerprint density at radius 1 is 1.80 bits per heavy atom. The molecule has 0 fully saturated rings. The number of alkyl halides is 1. The second-order valence-electron chi connectivity index (χ2n) is 1.76. The van der Waals surface area contributed by atoms with E-state index in [1.165, 1.54) is 7.11 Å². The Bertz CT molecular complexity index is 145. The molecule has 1 amide bonds. The number of amides is 1. The zero-order chi connectivity index (χ0) is 8.15. The van der Waals surface area contributed by atoms with Gasteiger partial charge < -0.3 is 4.74 Å². The highest BCUT2D eigenvalue weighted by molar-refractivity contribution is 14.1. The highest BCUT2D eigenvalue weighted by Gasteiger charge is 2.04. The number of allylic oxidation sites excluding steroid dienone is 1. The molecule has 0 radical (unpaired) electrons. The van der Waals surface area contributed by atoms with E-state index in [4.69, 9.17) is 0 Å². The van der Waals surface area contributed by atoms with Gasteiger partial charge in [0.2, 0.25) is 0 Å². The van der Waals surface area contributed by atoms with Crippen LogP contribution in [0.5, 0.6) is 0 Å². The first kappa shape index (κ1) is 9.74. The maximum absolute atomic E-state index is 10.5. The molecule has 0 aliphatic heterocycles. The summed E-state index contributed by atoms with van der Waals surface area (Å²) >= 11 is 2.15. The molecule has 0 spiro atoms. The average Bonchev–Trinajstić information content (AvgIpc) is 1.87. The van der Waals surface area contributed by atoms with Crippen LogP contribution in [0.4, 0.5) is 4.79 Å². The standard InChI is InChI=1S/C6H10INO2/c1-4(7)5(2)8-6(9)10-3/h4H,2H2,1,3H3,(H,8,9). The zero-order valence-electron chi connectivity index (χ0n) is 5.98. The number of hydrogen-bond acceptors (Lipinski definition) is 2. The predicted molar refractivity (Wildman–Crippen MR) is 48.2 cm³/mol. The summed E-state index contributed by atoms with van der Waals surface area (Å²) in [5.41, 5.74) is 0.660. The Labute approximate surface area is 74.0 Å². The average molecular weight is 255 g/mol. The SMILES string of the molecule is C=C(NC(=O)OC)C(C)I. The van der Waals surface area contributed by atoms with Gasteiger partial charge >= 0.3 is 6.09 Å². The molecule has 0 aromatic carbocycles. The van der Waals surface area contributed by atoms with Crippen LogP contribution in [0.2, 0.25) is 0 Å². The number of ether oxygens (including phenoxy) is 1. The Hall–Kier alpha value is -0.260. The Kier molecular flexibility index (Phi) is 4.42. The molecule has 0 rings (SSSR count). The fourth-order valence-corrected chi connectivity index (χ4v) is 0.437. The van der Waals surface area contributed by atoms with Crippen molar-refractivity contribution in [2.45, 2.75) is 10.8 Å². The molecule has 4 heteroatoms. The third kappa shape index (κ3) is 3.71. The number of nitrogens with one attached hydrogen (secondary N) is 1. The van der Waals surface area contributed by atoms with Crippen LogP contribution in [0, 0.1) is 0 Å². The van der Waals surface area contributed by atoms with Gasteiger partial charge in [0.25, 0.3) is 0 Å².